The SMILES string of the molecule is C[NH+](CC(=O)Nc1cc(C(C)(C)C)no1)Cc1cccc(F)c1. The Morgan fingerprint density at radius 1 is 1.35 bits per heavy atom. The number of likely N-dealkylation sites (N-methyl/N-ethyl adjacent to an activating group) is 1. The highest BCUT2D eigenvalue weighted by atomic mass is 19.1. The van der Waals surface area contributed by atoms with Crippen LogP contribution in [0.5, 0.6) is 0 Å². The van der Waals surface area contributed by atoms with Crippen LogP contribution in [-0.4, -0.2) is 24.7 Å². The van der Waals surface area contributed by atoms with Crippen LogP contribution in [0.2, 0.25) is 0 Å². The van der Waals surface area contributed by atoms with Crippen molar-refractivity contribution in [2.24, 2.45) is 0 Å². The van der Waals surface area contributed by atoms with Gasteiger partial charge in [-0.2, -0.15) is 0 Å². The largest absolute Gasteiger partial charge is 0.338 e. The normalized spacial score (nSPS) is 12.9. The summed E-state index contributed by atoms with van der Waals surface area (Å²) in [5.74, 6) is -0.0925. The van der Waals surface area contributed by atoms with Crippen molar-refractivity contribution >= 4 is 11.8 Å². The van der Waals surface area contributed by atoms with Crippen molar-refractivity contribution in [3.05, 3.63) is 47.4 Å². The molecule has 1 heterocycles. The van der Waals surface area contributed by atoms with E-state index in [1.807, 2.05) is 33.9 Å². The van der Waals surface area contributed by atoms with E-state index < -0.39 is 0 Å². The fourth-order valence-electron chi connectivity index (χ4n) is 2.20. The summed E-state index contributed by atoms with van der Waals surface area (Å²) < 4.78 is 18.3. The number of halogens is 1. The van der Waals surface area contributed by atoms with Gasteiger partial charge < -0.3 is 9.42 Å². The summed E-state index contributed by atoms with van der Waals surface area (Å²) in [5.41, 5.74) is 1.50. The van der Waals surface area contributed by atoms with Crippen molar-refractivity contribution < 1.29 is 18.6 Å². The van der Waals surface area contributed by atoms with Gasteiger partial charge in [0.15, 0.2) is 6.54 Å². The molecule has 23 heavy (non-hydrogen) atoms. The quantitative estimate of drug-likeness (QED) is 0.883. The number of benzene rings is 1. The minimum absolute atomic E-state index is 0.133. The molecule has 0 aliphatic heterocycles. The van der Waals surface area contributed by atoms with Crippen molar-refractivity contribution in [3.63, 3.8) is 0 Å². The van der Waals surface area contributed by atoms with Gasteiger partial charge in [0.2, 0.25) is 5.88 Å². The molecule has 1 aromatic carbocycles. The highest BCUT2D eigenvalue weighted by Crippen LogP contribution is 2.23. The van der Waals surface area contributed by atoms with E-state index in [2.05, 4.69) is 10.5 Å². The van der Waals surface area contributed by atoms with E-state index in [0.29, 0.717) is 12.4 Å². The third-order valence-electron chi connectivity index (χ3n) is 3.40. The van der Waals surface area contributed by atoms with E-state index >= 15 is 0 Å². The van der Waals surface area contributed by atoms with Crippen LogP contribution in [-0.2, 0) is 16.8 Å². The Bertz CT molecular complexity index is 676. The molecule has 0 saturated carbocycles. The molecule has 1 unspecified atom stereocenters. The van der Waals surface area contributed by atoms with Gasteiger partial charge >= 0.3 is 0 Å². The molecule has 2 rings (SSSR count). The maximum Gasteiger partial charge on any atom is 0.281 e. The highest BCUT2D eigenvalue weighted by molar-refractivity contribution is 5.90. The summed E-state index contributed by atoms with van der Waals surface area (Å²) in [6.07, 6.45) is 0. The molecular formula is C17H23FN3O2+. The summed E-state index contributed by atoms with van der Waals surface area (Å²) >= 11 is 0. The Morgan fingerprint density at radius 2 is 2.09 bits per heavy atom. The molecule has 1 amide bonds. The number of hydrogen-bond acceptors (Lipinski definition) is 3. The van der Waals surface area contributed by atoms with Crippen LogP contribution in [0.15, 0.2) is 34.9 Å². The van der Waals surface area contributed by atoms with Crippen LogP contribution in [0.3, 0.4) is 0 Å². The number of amides is 1. The molecule has 1 atom stereocenters. The molecule has 0 aliphatic carbocycles. The summed E-state index contributed by atoms with van der Waals surface area (Å²) in [5, 5.41) is 6.66. The maximum atomic E-state index is 13.2. The molecule has 1 aromatic heterocycles. The molecule has 0 radical (unpaired) electrons. The fraction of sp³-hybridized carbons (Fsp3) is 0.412. The molecule has 0 spiro atoms. The Balaban J connectivity index is 1.88. The van der Waals surface area contributed by atoms with Gasteiger partial charge in [0.1, 0.15) is 12.4 Å². The number of rotatable bonds is 5. The zero-order chi connectivity index (χ0) is 17.0. The Kier molecular flexibility index (Phi) is 5.15. The minimum atomic E-state index is -0.267. The predicted octanol–water partition coefficient (Wildman–Crippen LogP) is 1.76. The standard InChI is InChI=1S/C17H22FN3O2/c1-17(2,3)14-9-16(23-20-14)19-15(22)11-21(4)10-12-6-5-7-13(18)8-12/h5-9H,10-11H2,1-4H3,(H,19,22)/p+1. The number of carbonyl (C=O) groups excluding carboxylic acids is 1. The molecule has 0 fully saturated rings. The van der Waals surface area contributed by atoms with Crippen LogP contribution < -0.4 is 10.2 Å². The number of hydrogen-bond donors (Lipinski definition) is 2. The lowest BCUT2D eigenvalue weighted by Gasteiger charge is -2.13. The lowest BCUT2D eigenvalue weighted by Crippen LogP contribution is -3.08. The average molecular weight is 320 g/mol. The monoisotopic (exact) mass is 320 g/mol. The van der Waals surface area contributed by atoms with Crippen LogP contribution in [0.4, 0.5) is 10.3 Å². The first-order valence-electron chi connectivity index (χ1n) is 7.57. The van der Waals surface area contributed by atoms with Crippen LogP contribution in [0.1, 0.15) is 32.0 Å². The van der Waals surface area contributed by atoms with E-state index in [1.54, 1.807) is 12.1 Å². The van der Waals surface area contributed by atoms with Crippen LogP contribution in [0.25, 0.3) is 0 Å². The number of aromatic nitrogens is 1. The topological polar surface area (TPSA) is 59.6 Å². The van der Waals surface area contributed by atoms with Crippen LogP contribution in [0, 0.1) is 5.82 Å². The second kappa shape index (κ2) is 6.91. The van der Waals surface area contributed by atoms with Gasteiger partial charge in [0.05, 0.1) is 12.7 Å². The Hall–Kier alpha value is -2.21. The molecule has 2 aromatic rings. The first kappa shape index (κ1) is 17.1. The van der Waals surface area contributed by atoms with E-state index in [9.17, 15) is 9.18 Å². The average Bonchev–Trinajstić information content (AvgIpc) is 2.86. The number of anilines is 1. The van der Waals surface area contributed by atoms with Crippen molar-refractivity contribution in [3.8, 4) is 0 Å². The number of nitrogens with zero attached hydrogens (tertiary/aromatic N) is 1. The minimum Gasteiger partial charge on any atom is -0.338 e. The fourth-order valence-corrected chi connectivity index (χ4v) is 2.20. The molecule has 0 saturated heterocycles. The lowest BCUT2D eigenvalue weighted by molar-refractivity contribution is -0.885. The maximum absolute atomic E-state index is 13.2. The molecule has 6 heteroatoms. The zero-order valence-corrected chi connectivity index (χ0v) is 13.9. The second-order valence-corrected chi connectivity index (χ2v) is 6.82. The molecule has 0 aliphatic rings. The van der Waals surface area contributed by atoms with Crippen molar-refractivity contribution in [1.82, 2.24) is 5.16 Å². The van der Waals surface area contributed by atoms with Crippen LogP contribution >= 0.6 is 0 Å². The molecule has 0 bridgehead atoms. The summed E-state index contributed by atoms with van der Waals surface area (Å²) in [6.45, 7) is 6.88. The first-order valence-corrected chi connectivity index (χ1v) is 7.57. The van der Waals surface area contributed by atoms with Gasteiger partial charge in [-0.15, -0.1) is 0 Å². The van der Waals surface area contributed by atoms with Gasteiger partial charge in [-0.1, -0.05) is 38.1 Å². The summed E-state index contributed by atoms with van der Waals surface area (Å²) in [6, 6.07) is 8.13. The zero-order valence-electron chi connectivity index (χ0n) is 13.9. The van der Waals surface area contributed by atoms with Gasteiger partial charge in [0.25, 0.3) is 5.91 Å². The smallest absolute Gasteiger partial charge is 0.281 e. The van der Waals surface area contributed by atoms with E-state index in [1.165, 1.54) is 12.1 Å². The van der Waals surface area contributed by atoms with Crippen molar-refractivity contribution in [1.29, 1.82) is 0 Å². The second-order valence-electron chi connectivity index (χ2n) is 6.82. The Morgan fingerprint density at radius 3 is 2.70 bits per heavy atom. The van der Waals surface area contributed by atoms with Gasteiger partial charge in [-0.3, -0.25) is 10.1 Å². The molecule has 5 nitrogen and oxygen atoms in total. The first-order chi connectivity index (χ1) is 10.7. The highest BCUT2D eigenvalue weighted by Gasteiger charge is 2.20. The molecule has 2 N–H and O–H groups in total. The lowest BCUT2D eigenvalue weighted by atomic mass is 9.92. The third kappa shape index (κ3) is 5.17. The number of quaternary nitrogens is 1. The summed E-state index contributed by atoms with van der Waals surface area (Å²) in [7, 11) is 1.88. The number of carbonyl (C=O) groups is 1. The van der Waals surface area contributed by atoms with E-state index in [4.69, 9.17) is 4.52 Å². The number of nitrogens with one attached hydrogen (secondary N) is 2. The van der Waals surface area contributed by atoms with Crippen molar-refractivity contribution in [2.75, 3.05) is 18.9 Å². The van der Waals surface area contributed by atoms with Gasteiger partial charge in [-0.25, -0.2) is 4.39 Å². The van der Waals surface area contributed by atoms with Crippen molar-refractivity contribution in [2.45, 2.75) is 32.7 Å². The van der Waals surface area contributed by atoms with Gasteiger partial charge in [-0.05, 0) is 12.1 Å². The van der Waals surface area contributed by atoms with Gasteiger partial charge in [0, 0.05) is 17.0 Å². The molecule has 124 valence electrons. The van der Waals surface area contributed by atoms with E-state index in [-0.39, 0.29) is 23.7 Å². The molecular weight excluding hydrogens is 297 g/mol. The Labute approximate surface area is 135 Å². The summed E-state index contributed by atoms with van der Waals surface area (Å²) in [4.78, 5) is 13.0. The van der Waals surface area contributed by atoms with E-state index in [0.717, 1.165) is 16.2 Å². The predicted molar refractivity (Wildman–Crippen MR) is 85.7 cm³/mol. The third-order valence-corrected chi connectivity index (χ3v) is 3.40.